The van der Waals surface area contributed by atoms with Crippen LogP contribution in [0.25, 0.3) is 10.8 Å². The minimum Gasteiger partial charge on any atom is -0.336 e. The molecular formula is C21H22N2OS. The summed E-state index contributed by atoms with van der Waals surface area (Å²) >= 11 is 1.90. The number of nitrogens with one attached hydrogen (secondary N) is 2. The van der Waals surface area contributed by atoms with E-state index in [-0.39, 0.29) is 23.4 Å². The first-order chi connectivity index (χ1) is 12.2. The largest absolute Gasteiger partial charge is 0.336 e. The van der Waals surface area contributed by atoms with Gasteiger partial charge in [0.2, 0.25) is 5.91 Å². The summed E-state index contributed by atoms with van der Waals surface area (Å²) in [6, 6.07) is 14.7. The van der Waals surface area contributed by atoms with Crippen LogP contribution in [0.1, 0.15) is 37.9 Å². The molecule has 2 heterocycles. The molecule has 4 unspecified atom stereocenters. The van der Waals surface area contributed by atoms with E-state index in [2.05, 4.69) is 60.0 Å². The molecule has 2 aromatic carbocycles. The van der Waals surface area contributed by atoms with Crippen molar-refractivity contribution in [2.75, 3.05) is 0 Å². The van der Waals surface area contributed by atoms with Gasteiger partial charge in [-0.25, -0.2) is 0 Å². The van der Waals surface area contributed by atoms with Crippen LogP contribution in [0.5, 0.6) is 0 Å². The van der Waals surface area contributed by atoms with Crippen molar-refractivity contribution in [1.29, 1.82) is 0 Å². The van der Waals surface area contributed by atoms with Gasteiger partial charge < -0.3 is 5.32 Å². The van der Waals surface area contributed by atoms with Crippen LogP contribution in [-0.4, -0.2) is 11.3 Å². The van der Waals surface area contributed by atoms with E-state index in [1.165, 1.54) is 27.7 Å². The van der Waals surface area contributed by atoms with Crippen LogP contribution < -0.4 is 10.6 Å². The van der Waals surface area contributed by atoms with E-state index in [1.54, 1.807) is 0 Å². The molecule has 3 aliphatic rings. The van der Waals surface area contributed by atoms with Gasteiger partial charge in [-0.15, -0.1) is 11.8 Å². The zero-order valence-electron chi connectivity index (χ0n) is 14.3. The Morgan fingerprint density at radius 3 is 2.88 bits per heavy atom. The molecule has 0 bridgehead atoms. The van der Waals surface area contributed by atoms with Crippen LogP contribution in [0.2, 0.25) is 0 Å². The standard InChI is InChI=1S/C21H22N2OS/c1-12-9-10-16-17(11-12)25-21-18(16)20(24)22-19(23-21)15-8-4-6-13-5-2-3-7-14(13)15/h2-8,12,18-19,21,23H,9-11H2,1H3,(H,22,24). The van der Waals surface area contributed by atoms with Crippen LogP contribution >= 0.6 is 11.8 Å². The third kappa shape index (κ3) is 2.51. The maximum Gasteiger partial charge on any atom is 0.231 e. The summed E-state index contributed by atoms with van der Waals surface area (Å²) in [6.45, 7) is 2.32. The highest BCUT2D eigenvalue weighted by Crippen LogP contribution is 2.50. The predicted octanol–water partition coefficient (Wildman–Crippen LogP) is 4.32. The lowest BCUT2D eigenvalue weighted by Crippen LogP contribution is -2.54. The van der Waals surface area contributed by atoms with Gasteiger partial charge in [0.15, 0.2) is 0 Å². The lowest BCUT2D eigenvalue weighted by atomic mass is 9.83. The average Bonchev–Trinajstić information content (AvgIpc) is 2.99. The SMILES string of the molecule is CC1CCC2=C(C1)SC1NC(c3cccc4ccccc34)NC(=O)C21. The van der Waals surface area contributed by atoms with E-state index < -0.39 is 0 Å². The van der Waals surface area contributed by atoms with Gasteiger partial charge in [-0.1, -0.05) is 49.4 Å². The second kappa shape index (κ2) is 5.89. The highest BCUT2D eigenvalue weighted by atomic mass is 32.2. The molecule has 4 heteroatoms. The molecule has 4 atom stereocenters. The third-order valence-electron chi connectivity index (χ3n) is 5.78. The Morgan fingerprint density at radius 2 is 1.96 bits per heavy atom. The molecule has 128 valence electrons. The number of amides is 1. The Hall–Kier alpha value is -1.78. The summed E-state index contributed by atoms with van der Waals surface area (Å²) in [7, 11) is 0. The van der Waals surface area contributed by atoms with Crippen molar-refractivity contribution < 1.29 is 4.79 Å². The van der Waals surface area contributed by atoms with Crippen LogP contribution in [0.3, 0.4) is 0 Å². The van der Waals surface area contributed by atoms with Gasteiger partial charge in [0, 0.05) is 0 Å². The number of carbonyl (C=O) groups is 1. The van der Waals surface area contributed by atoms with Crippen LogP contribution in [0, 0.1) is 11.8 Å². The van der Waals surface area contributed by atoms with Crippen molar-refractivity contribution >= 4 is 28.4 Å². The zero-order valence-corrected chi connectivity index (χ0v) is 15.1. The monoisotopic (exact) mass is 350 g/mol. The Labute approximate surface area is 152 Å². The first kappa shape index (κ1) is 15.5. The third-order valence-corrected chi connectivity index (χ3v) is 7.16. The number of carbonyl (C=O) groups excluding carboxylic acids is 1. The molecule has 1 fully saturated rings. The van der Waals surface area contributed by atoms with Crippen LogP contribution in [0.15, 0.2) is 52.9 Å². The summed E-state index contributed by atoms with van der Waals surface area (Å²) in [5.74, 6) is 0.941. The molecule has 0 aromatic heterocycles. The fraction of sp³-hybridized carbons (Fsp3) is 0.381. The van der Waals surface area contributed by atoms with Gasteiger partial charge in [0.05, 0.1) is 11.3 Å². The smallest absolute Gasteiger partial charge is 0.231 e. The highest BCUT2D eigenvalue weighted by Gasteiger charge is 2.46. The molecule has 0 spiro atoms. The summed E-state index contributed by atoms with van der Waals surface area (Å²) in [6.07, 6.45) is 3.31. The van der Waals surface area contributed by atoms with E-state index in [0.717, 1.165) is 24.3 Å². The molecule has 3 nitrogen and oxygen atoms in total. The van der Waals surface area contributed by atoms with Crippen molar-refractivity contribution in [2.45, 2.75) is 37.7 Å². The minimum absolute atomic E-state index is 0.0127. The molecule has 2 N–H and O–H groups in total. The number of hydrogen-bond donors (Lipinski definition) is 2. The average molecular weight is 350 g/mol. The molecule has 5 rings (SSSR count). The Bertz CT molecular complexity index is 885. The Morgan fingerprint density at radius 1 is 1.12 bits per heavy atom. The first-order valence-corrected chi connectivity index (χ1v) is 10.0. The number of rotatable bonds is 1. The molecule has 2 aromatic rings. The lowest BCUT2D eigenvalue weighted by molar-refractivity contribution is -0.127. The second-order valence-electron chi connectivity index (χ2n) is 7.49. The number of thioether (sulfide) groups is 1. The van der Waals surface area contributed by atoms with E-state index in [1.807, 2.05) is 11.8 Å². The maximum absolute atomic E-state index is 12.9. The van der Waals surface area contributed by atoms with E-state index in [4.69, 9.17) is 0 Å². The second-order valence-corrected chi connectivity index (χ2v) is 8.73. The van der Waals surface area contributed by atoms with E-state index >= 15 is 0 Å². The van der Waals surface area contributed by atoms with Crippen molar-refractivity contribution in [3.8, 4) is 0 Å². The summed E-state index contributed by atoms with van der Waals surface area (Å²) < 4.78 is 0. The topological polar surface area (TPSA) is 41.1 Å². The molecule has 1 amide bonds. The molecule has 0 saturated carbocycles. The minimum atomic E-state index is -0.119. The highest BCUT2D eigenvalue weighted by molar-refractivity contribution is 8.04. The van der Waals surface area contributed by atoms with Gasteiger partial charge in [-0.3, -0.25) is 10.1 Å². The van der Waals surface area contributed by atoms with Crippen molar-refractivity contribution in [3.63, 3.8) is 0 Å². The van der Waals surface area contributed by atoms with Crippen LogP contribution in [0.4, 0.5) is 0 Å². The lowest BCUT2D eigenvalue weighted by Gasteiger charge is -2.35. The zero-order chi connectivity index (χ0) is 17.0. The van der Waals surface area contributed by atoms with E-state index in [9.17, 15) is 4.79 Å². The number of benzene rings is 2. The Kier molecular flexibility index (Phi) is 3.64. The predicted molar refractivity (Wildman–Crippen MR) is 103 cm³/mol. The van der Waals surface area contributed by atoms with Gasteiger partial charge in [0.1, 0.15) is 6.17 Å². The Balaban J connectivity index is 1.47. The molecule has 1 saturated heterocycles. The van der Waals surface area contributed by atoms with Gasteiger partial charge in [0.25, 0.3) is 0 Å². The molecule has 25 heavy (non-hydrogen) atoms. The molecule has 1 aliphatic carbocycles. The van der Waals surface area contributed by atoms with Crippen molar-refractivity contribution in [1.82, 2.24) is 10.6 Å². The summed E-state index contributed by atoms with van der Waals surface area (Å²) in [5, 5.41) is 9.55. The summed E-state index contributed by atoms with van der Waals surface area (Å²) in [4.78, 5) is 14.4. The molecule has 0 radical (unpaired) electrons. The number of fused-ring (bicyclic) bond motifs is 3. The maximum atomic E-state index is 12.9. The van der Waals surface area contributed by atoms with Crippen molar-refractivity contribution in [2.24, 2.45) is 11.8 Å². The molecular weight excluding hydrogens is 328 g/mol. The molecule has 2 aliphatic heterocycles. The first-order valence-electron chi connectivity index (χ1n) is 9.13. The van der Waals surface area contributed by atoms with E-state index in [0.29, 0.717) is 0 Å². The fourth-order valence-electron chi connectivity index (χ4n) is 4.48. The van der Waals surface area contributed by atoms with Crippen molar-refractivity contribution in [3.05, 3.63) is 58.5 Å². The van der Waals surface area contributed by atoms with Crippen LogP contribution in [-0.2, 0) is 4.79 Å². The van der Waals surface area contributed by atoms with Gasteiger partial charge in [-0.2, -0.15) is 0 Å². The number of allylic oxidation sites excluding steroid dienone is 1. The fourth-order valence-corrected chi connectivity index (χ4v) is 6.18. The quantitative estimate of drug-likeness (QED) is 0.805. The summed E-state index contributed by atoms with van der Waals surface area (Å²) in [5.41, 5.74) is 2.55. The van der Waals surface area contributed by atoms with Gasteiger partial charge in [-0.05, 0) is 52.0 Å². The number of hydrogen-bond acceptors (Lipinski definition) is 3. The normalized spacial score (nSPS) is 31.6. The van der Waals surface area contributed by atoms with Gasteiger partial charge >= 0.3 is 0 Å².